The smallest absolute Gasteiger partial charge is 0.112 e. The number of rotatable bonds is 3. The first-order valence-electron chi connectivity index (χ1n) is 13.7. The molecule has 0 fully saturated rings. The van der Waals surface area contributed by atoms with Gasteiger partial charge in [-0.15, -0.1) is 38.2 Å². The lowest BCUT2D eigenvalue weighted by molar-refractivity contribution is 1.62. The molecule has 45 heavy (non-hydrogen) atoms. The zero-order valence-corrected chi connectivity index (χ0v) is 24.2. The predicted octanol–water partition coefficient (Wildman–Crippen LogP) is -6.69. The Hall–Kier alpha value is -3.32. The first-order chi connectivity index (χ1) is 21.3. The van der Waals surface area contributed by atoms with Gasteiger partial charge in [-0.25, -0.2) is 0 Å². The molecule has 0 aliphatic rings. The van der Waals surface area contributed by atoms with E-state index in [1.807, 2.05) is 54.6 Å². The van der Waals surface area contributed by atoms with Crippen LogP contribution >= 0.6 is 0 Å². The summed E-state index contributed by atoms with van der Waals surface area (Å²) in [5, 5.41) is 1.45. The lowest BCUT2D eigenvalue weighted by atomic mass is 9.56. The topological polar surface area (TPSA) is 0 Å². The van der Waals surface area contributed by atoms with E-state index in [1.54, 1.807) is 0 Å². The summed E-state index contributed by atoms with van der Waals surface area (Å²) in [7, 11) is 84.8. The van der Waals surface area contributed by atoms with E-state index in [2.05, 4.69) is 0 Å². The van der Waals surface area contributed by atoms with E-state index in [-0.39, 0.29) is 82.1 Å². The molecule has 0 aliphatic carbocycles. The lowest BCUT2D eigenvalue weighted by Crippen LogP contribution is -2.55. The second-order valence-corrected chi connectivity index (χ2v) is 10.9. The molecule has 176 valence electrons. The molecule has 0 heterocycles. The molecule has 0 aromatic heterocycles. The summed E-state index contributed by atoms with van der Waals surface area (Å²) < 4.78 is 0. The Bertz CT molecular complexity index is 2120. The van der Waals surface area contributed by atoms with E-state index in [0.717, 1.165) is 11.1 Å². The van der Waals surface area contributed by atoms with Crippen LogP contribution in [0.25, 0.3) is 54.9 Å². The Balaban J connectivity index is 1.93. The van der Waals surface area contributed by atoms with Gasteiger partial charge in [0.15, 0.2) is 0 Å². The summed E-state index contributed by atoms with van der Waals surface area (Å²) in [5.41, 5.74) is 4.39. The van der Waals surface area contributed by atoms with E-state index in [4.69, 9.17) is 102 Å². The highest BCUT2D eigenvalue weighted by molar-refractivity contribution is 6.73. The molecule has 0 saturated heterocycles. The molecule has 0 atom stereocenters. The highest BCUT2D eigenvalue weighted by Gasteiger charge is 2.26. The number of benzene rings is 6. The van der Waals surface area contributed by atoms with Crippen molar-refractivity contribution in [2.75, 3.05) is 0 Å². The SMILES string of the molecule is [B]c1c([B])c([B])c(-c2c3c([B])c([B])c([B])c([B])c3c(-c3ccc(-c4ccccc4)cc3)c3c([B])c([B])c([B])c([B])c23)c([B])c1[B]. The van der Waals surface area contributed by atoms with Crippen LogP contribution < -0.4 is 71.0 Å². The van der Waals surface area contributed by atoms with Crippen molar-refractivity contribution < 1.29 is 0 Å². The monoisotopic (exact) mass is 536 g/mol. The number of hydrogen-bond acceptors (Lipinski definition) is 0. The van der Waals surface area contributed by atoms with Gasteiger partial charge < -0.3 is 0 Å². The lowest BCUT2D eigenvalue weighted by Gasteiger charge is -2.31. The Labute approximate surface area is 281 Å². The molecule has 6 aromatic carbocycles. The molecule has 0 saturated carbocycles. The minimum absolute atomic E-state index is 0.00324. The van der Waals surface area contributed by atoms with Crippen LogP contribution in [-0.2, 0) is 0 Å². The fraction of sp³-hybridized carbons (Fsp3) is 0. The quantitative estimate of drug-likeness (QED) is 0.157. The average molecular weight is 534 g/mol. The summed E-state index contributed by atoms with van der Waals surface area (Å²) >= 11 is 0. The van der Waals surface area contributed by atoms with Crippen molar-refractivity contribution in [1.82, 2.24) is 0 Å². The van der Waals surface area contributed by atoms with Gasteiger partial charge in [0.25, 0.3) is 0 Å². The maximum Gasteiger partial charge on any atom is 0.113 e. The van der Waals surface area contributed by atoms with Gasteiger partial charge in [0, 0.05) is 0 Å². The Kier molecular flexibility index (Phi) is 8.08. The van der Waals surface area contributed by atoms with E-state index >= 15 is 0 Å². The van der Waals surface area contributed by atoms with Crippen LogP contribution in [0.1, 0.15) is 0 Å². The van der Waals surface area contributed by atoms with Gasteiger partial charge in [-0.1, -0.05) is 87.4 Å². The standard InChI is InChI=1S/C32H9B13/c33-20-15-13(12-8-6-11(7-9-12)10-4-2-1-3-5-10)16-18(23(36)29(42)27(40)21(16)34)14(17(15)22(35)28(41)26(20)39)19-24(37)30(43)32(45)31(44)25(19)38/h1-9H. The second-order valence-electron chi connectivity index (χ2n) is 10.9. The van der Waals surface area contributed by atoms with Crippen molar-refractivity contribution in [2.24, 2.45) is 0 Å². The number of hydrogen-bond donors (Lipinski definition) is 0. The first kappa shape index (κ1) is 31.7. The summed E-state index contributed by atoms with van der Waals surface area (Å²) in [6.45, 7) is 0. The van der Waals surface area contributed by atoms with Crippen LogP contribution in [0.15, 0.2) is 54.6 Å². The van der Waals surface area contributed by atoms with E-state index in [0.29, 0.717) is 32.7 Å². The maximum atomic E-state index is 6.78. The van der Waals surface area contributed by atoms with Gasteiger partial charge >= 0.3 is 0 Å². The van der Waals surface area contributed by atoms with Gasteiger partial charge in [-0.3, -0.25) is 0 Å². The molecule has 0 nitrogen and oxygen atoms in total. The minimum atomic E-state index is 0.00324. The number of fused-ring (bicyclic) bond motifs is 2. The molecular weight excluding hydrogens is 525 g/mol. The van der Waals surface area contributed by atoms with Crippen molar-refractivity contribution in [3.05, 3.63) is 54.6 Å². The molecule has 0 spiro atoms. The molecule has 0 N–H and O–H groups in total. The van der Waals surface area contributed by atoms with Crippen LogP contribution in [0.2, 0.25) is 0 Å². The van der Waals surface area contributed by atoms with E-state index in [9.17, 15) is 0 Å². The Morgan fingerprint density at radius 2 is 0.511 bits per heavy atom. The van der Waals surface area contributed by atoms with Crippen LogP contribution in [0, 0.1) is 0 Å². The fourth-order valence-corrected chi connectivity index (χ4v) is 6.06. The van der Waals surface area contributed by atoms with Crippen LogP contribution in [-0.4, -0.2) is 102 Å². The van der Waals surface area contributed by atoms with Crippen molar-refractivity contribution in [1.29, 1.82) is 0 Å². The van der Waals surface area contributed by atoms with Crippen LogP contribution in [0.5, 0.6) is 0 Å². The van der Waals surface area contributed by atoms with Gasteiger partial charge in [-0.2, -0.15) is 0 Å². The second kappa shape index (κ2) is 11.5. The molecule has 6 rings (SSSR count). The van der Waals surface area contributed by atoms with E-state index in [1.165, 1.54) is 0 Å². The van der Waals surface area contributed by atoms with E-state index < -0.39 is 0 Å². The largest absolute Gasteiger partial charge is 0.113 e. The van der Waals surface area contributed by atoms with Crippen molar-refractivity contribution in [2.45, 2.75) is 0 Å². The third kappa shape index (κ3) is 4.63. The van der Waals surface area contributed by atoms with Gasteiger partial charge in [-0.05, 0) is 54.9 Å². The van der Waals surface area contributed by atoms with Gasteiger partial charge in [0.2, 0.25) is 0 Å². The zero-order valence-electron chi connectivity index (χ0n) is 24.2. The third-order valence-electron chi connectivity index (χ3n) is 8.55. The minimum Gasteiger partial charge on any atom is -0.112 e. The molecule has 6 aromatic rings. The summed E-state index contributed by atoms with van der Waals surface area (Å²) in [5.74, 6) is 0. The summed E-state index contributed by atoms with van der Waals surface area (Å²) in [4.78, 5) is 0. The Morgan fingerprint density at radius 1 is 0.222 bits per heavy atom. The average Bonchev–Trinajstić information content (AvgIpc) is 3.05. The predicted molar refractivity (Wildman–Crippen MR) is 208 cm³/mol. The van der Waals surface area contributed by atoms with Gasteiger partial charge in [0.1, 0.15) is 102 Å². The van der Waals surface area contributed by atoms with Crippen LogP contribution in [0.4, 0.5) is 0 Å². The molecular formula is C32H9B13. The summed E-state index contributed by atoms with van der Waals surface area (Å²) in [6.07, 6.45) is 0. The summed E-state index contributed by atoms with van der Waals surface area (Å²) in [6, 6.07) is 17.7. The normalized spacial score (nSPS) is 11.4. The molecule has 26 radical (unpaired) electrons. The third-order valence-corrected chi connectivity index (χ3v) is 8.55. The van der Waals surface area contributed by atoms with Crippen molar-refractivity contribution in [3.8, 4) is 33.4 Å². The molecule has 13 heteroatoms. The zero-order chi connectivity index (χ0) is 32.6. The fourth-order valence-electron chi connectivity index (χ4n) is 6.06. The Morgan fingerprint density at radius 3 is 0.911 bits per heavy atom. The first-order valence-corrected chi connectivity index (χ1v) is 13.7. The molecule has 0 aliphatic heterocycles. The van der Waals surface area contributed by atoms with Crippen molar-refractivity contribution in [3.63, 3.8) is 0 Å². The van der Waals surface area contributed by atoms with Gasteiger partial charge in [0.05, 0.1) is 0 Å². The molecule has 0 bridgehead atoms. The highest BCUT2D eigenvalue weighted by Crippen LogP contribution is 2.40. The maximum absolute atomic E-state index is 6.78. The highest BCUT2D eigenvalue weighted by atomic mass is 14.3. The van der Waals surface area contributed by atoms with Crippen LogP contribution in [0.3, 0.4) is 0 Å². The molecule has 0 unspecified atom stereocenters. The van der Waals surface area contributed by atoms with Crippen molar-refractivity contribution >= 4 is 195 Å². The molecule has 0 amide bonds.